The van der Waals surface area contributed by atoms with Crippen molar-refractivity contribution in [3.8, 4) is 5.75 Å². The molecule has 0 spiro atoms. The molecule has 1 aliphatic rings. The Morgan fingerprint density at radius 2 is 2.00 bits per heavy atom. The van der Waals surface area contributed by atoms with Crippen LogP contribution in [0.1, 0.15) is 35.1 Å². The summed E-state index contributed by atoms with van der Waals surface area (Å²) in [5, 5.41) is 11.7. The van der Waals surface area contributed by atoms with Gasteiger partial charge in [0.15, 0.2) is 5.82 Å². The third kappa shape index (κ3) is 7.59. The molecule has 1 atom stereocenters. The molecule has 4 rings (SSSR count). The summed E-state index contributed by atoms with van der Waals surface area (Å²) in [7, 11) is 0. The number of aromatic nitrogens is 5. The van der Waals surface area contributed by atoms with Crippen molar-refractivity contribution in [2.75, 3.05) is 32.9 Å². The number of carbonyl (C=O) groups is 1. The van der Waals surface area contributed by atoms with Crippen LogP contribution in [0.15, 0.2) is 42.6 Å². The third-order valence-corrected chi connectivity index (χ3v) is 6.26. The molecule has 1 unspecified atom stereocenters. The van der Waals surface area contributed by atoms with Crippen LogP contribution in [-0.4, -0.2) is 79.9 Å². The standard InChI is InChI=1S/C26H29F4N7O2/c1-18-15-35(17-23-6-7-24(14-31-23)39-12-9-27)10-11-36(18)25(38)8-4-20-3-5-22(26(28,29)30)13-21(20)16-37-33-19(2)32-34-37/h3-8,13-14,18H,9-12,15-17H2,1-2H3. The fourth-order valence-corrected chi connectivity index (χ4v) is 4.36. The van der Waals surface area contributed by atoms with Gasteiger partial charge in [-0.2, -0.15) is 18.0 Å². The van der Waals surface area contributed by atoms with E-state index in [1.54, 1.807) is 24.1 Å². The van der Waals surface area contributed by atoms with E-state index in [0.29, 0.717) is 48.9 Å². The number of amides is 1. The summed E-state index contributed by atoms with van der Waals surface area (Å²) in [5.74, 6) is 0.684. The number of nitrogens with zero attached hydrogens (tertiary/aromatic N) is 7. The van der Waals surface area contributed by atoms with E-state index in [0.717, 1.165) is 17.8 Å². The lowest BCUT2D eigenvalue weighted by Crippen LogP contribution is -2.53. The van der Waals surface area contributed by atoms with Gasteiger partial charge in [0.2, 0.25) is 5.91 Å². The summed E-state index contributed by atoms with van der Waals surface area (Å²) in [4.78, 5) is 22.5. The Morgan fingerprint density at radius 3 is 2.64 bits per heavy atom. The summed E-state index contributed by atoms with van der Waals surface area (Å²) in [6.07, 6.45) is -0.0317. The number of halogens is 4. The summed E-state index contributed by atoms with van der Waals surface area (Å²) in [6, 6.07) is 6.87. The molecule has 0 N–H and O–H groups in total. The average molecular weight is 548 g/mol. The van der Waals surface area contributed by atoms with Crippen LogP contribution in [0.25, 0.3) is 6.08 Å². The van der Waals surface area contributed by atoms with Crippen molar-refractivity contribution in [1.82, 2.24) is 35.0 Å². The first-order chi connectivity index (χ1) is 18.6. The predicted octanol–water partition coefficient (Wildman–Crippen LogP) is 3.54. The van der Waals surface area contributed by atoms with E-state index in [2.05, 4.69) is 25.3 Å². The molecule has 1 aromatic carbocycles. The largest absolute Gasteiger partial charge is 0.489 e. The fraction of sp³-hybridized carbons (Fsp3) is 0.423. The van der Waals surface area contributed by atoms with E-state index >= 15 is 0 Å². The summed E-state index contributed by atoms with van der Waals surface area (Å²) in [6.45, 7) is 5.32. The Hall–Kier alpha value is -3.87. The molecule has 39 heavy (non-hydrogen) atoms. The van der Waals surface area contributed by atoms with Gasteiger partial charge in [-0.15, -0.1) is 10.2 Å². The fourth-order valence-electron chi connectivity index (χ4n) is 4.36. The number of alkyl halides is 4. The van der Waals surface area contributed by atoms with Gasteiger partial charge in [0.05, 0.1) is 24.0 Å². The number of tetrazole rings is 1. The molecule has 0 radical (unpaired) electrons. The normalized spacial score (nSPS) is 16.7. The first kappa shape index (κ1) is 28.1. The highest BCUT2D eigenvalue weighted by atomic mass is 19.4. The number of rotatable bonds is 9. The van der Waals surface area contributed by atoms with Crippen molar-refractivity contribution in [3.05, 3.63) is 70.8 Å². The lowest BCUT2D eigenvalue weighted by Gasteiger charge is -2.39. The van der Waals surface area contributed by atoms with Gasteiger partial charge in [-0.1, -0.05) is 6.07 Å². The van der Waals surface area contributed by atoms with Gasteiger partial charge in [0.1, 0.15) is 19.0 Å². The molecule has 3 aromatic rings. The van der Waals surface area contributed by atoms with E-state index in [9.17, 15) is 22.4 Å². The van der Waals surface area contributed by atoms with Crippen molar-refractivity contribution < 1.29 is 27.1 Å². The third-order valence-electron chi connectivity index (χ3n) is 6.26. The summed E-state index contributed by atoms with van der Waals surface area (Å²) in [5.41, 5.74) is 0.820. The summed E-state index contributed by atoms with van der Waals surface area (Å²) < 4.78 is 57.4. The van der Waals surface area contributed by atoms with Crippen molar-refractivity contribution >= 4 is 12.0 Å². The van der Waals surface area contributed by atoms with Gasteiger partial charge in [0.25, 0.3) is 0 Å². The maximum absolute atomic E-state index is 13.3. The molecule has 9 nitrogen and oxygen atoms in total. The Kier molecular flexibility index (Phi) is 8.90. The number of carbonyl (C=O) groups excluding carboxylic acids is 1. The van der Waals surface area contributed by atoms with Crippen LogP contribution in [0.3, 0.4) is 0 Å². The lowest BCUT2D eigenvalue weighted by atomic mass is 10.0. The number of ether oxygens (including phenoxy) is 1. The van der Waals surface area contributed by atoms with E-state index < -0.39 is 18.4 Å². The first-order valence-electron chi connectivity index (χ1n) is 12.4. The van der Waals surface area contributed by atoms with Crippen LogP contribution in [0.2, 0.25) is 0 Å². The zero-order chi connectivity index (χ0) is 28.0. The number of piperazine rings is 1. The zero-order valence-corrected chi connectivity index (χ0v) is 21.6. The molecule has 0 aliphatic carbocycles. The molecular formula is C26H29F4N7O2. The minimum absolute atomic E-state index is 0.0120. The van der Waals surface area contributed by atoms with Crippen LogP contribution in [-0.2, 0) is 24.1 Å². The SMILES string of the molecule is Cc1nnn(Cc2cc(C(F)(F)F)ccc2C=CC(=O)N2CCN(Cc3ccc(OCCF)cn3)CC2C)n1. The van der Waals surface area contributed by atoms with Crippen molar-refractivity contribution in [2.24, 2.45) is 0 Å². The van der Waals surface area contributed by atoms with Crippen molar-refractivity contribution in [2.45, 2.75) is 39.2 Å². The van der Waals surface area contributed by atoms with Crippen molar-refractivity contribution in [3.63, 3.8) is 0 Å². The van der Waals surface area contributed by atoms with Crippen molar-refractivity contribution in [1.29, 1.82) is 0 Å². The number of pyridine rings is 1. The Morgan fingerprint density at radius 1 is 1.18 bits per heavy atom. The molecule has 13 heteroatoms. The zero-order valence-electron chi connectivity index (χ0n) is 21.6. The second-order valence-corrected chi connectivity index (χ2v) is 9.25. The van der Waals surface area contributed by atoms with E-state index in [1.165, 1.54) is 23.0 Å². The predicted molar refractivity (Wildman–Crippen MR) is 134 cm³/mol. The first-order valence-corrected chi connectivity index (χ1v) is 12.4. The van der Waals surface area contributed by atoms with Gasteiger partial charge >= 0.3 is 6.18 Å². The van der Waals surface area contributed by atoms with Crippen LogP contribution in [0.5, 0.6) is 5.75 Å². The second kappa shape index (κ2) is 12.3. The van der Waals surface area contributed by atoms with E-state index in [4.69, 9.17) is 4.74 Å². The number of hydrogen-bond donors (Lipinski definition) is 0. The highest BCUT2D eigenvalue weighted by Crippen LogP contribution is 2.31. The van der Waals surface area contributed by atoms with Gasteiger partial charge in [-0.25, -0.2) is 4.39 Å². The highest BCUT2D eigenvalue weighted by Gasteiger charge is 2.31. The molecule has 0 saturated carbocycles. The van der Waals surface area contributed by atoms with Crippen LogP contribution in [0.4, 0.5) is 17.6 Å². The smallest absolute Gasteiger partial charge is 0.416 e. The quantitative estimate of drug-likeness (QED) is 0.299. The molecule has 1 fully saturated rings. The molecule has 1 saturated heterocycles. The Labute approximate surface area is 223 Å². The second-order valence-electron chi connectivity index (χ2n) is 9.25. The average Bonchev–Trinajstić information content (AvgIpc) is 3.31. The van der Waals surface area contributed by atoms with Crippen LogP contribution in [0, 0.1) is 6.92 Å². The molecule has 1 amide bonds. The van der Waals surface area contributed by atoms with Crippen LogP contribution >= 0.6 is 0 Å². The monoisotopic (exact) mass is 547 g/mol. The molecule has 0 bridgehead atoms. The topological polar surface area (TPSA) is 89.3 Å². The molecular weight excluding hydrogens is 518 g/mol. The minimum Gasteiger partial charge on any atom is -0.489 e. The maximum Gasteiger partial charge on any atom is 0.416 e. The van der Waals surface area contributed by atoms with Crippen LogP contribution < -0.4 is 4.74 Å². The number of aryl methyl sites for hydroxylation is 1. The van der Waals surface area contributed by atoms with Gasteiger partial charge < -0.3 is 9.64 Å². The number of hydrogen-bond acceptors (Lipinski definition) is 7. The Bertz CT molecular complexity index is 1290. The van der Waals surface area contributed by atoms with E-state index in [-0.39, 0.29) is 25.1 Å². The lowest BCUT2D eigenvalue weighted by molar-refractivity contribution is -0.137. The van der Waals surface area contributed by atoms with Gasteiger partial charge in [0, 0.05) is 38.3 Å². The molecule has 208 valence electrons. The summed E-state index contributed by atoms with van der Waals surface area (Å²) >= 11 is 0. The molecule has 2 aromatic heterocycles. The molecule has 3 heterocycles. The van der Waals surface area contributed by atoms with Gasteiger partial charge in [-0.05, 0) is 60.5 Å². The van der Waals surface area contributed by atoms with Gasteiger partial charge in [-0.3, -0.25) is 14.7 Å². The Balaban J connectivity index is 1.39. The number of benzene rings is 1. The highest BCUT2D eigenvalue weighted by molar-refractivity contribution is 5.92. The van der Waals surface area contributed by atoms with E-state index in [1.807, 2.05) is 13.0 Å². The minimum atomic E-state index is -4.51. The maximum atomic E-state index is 13.3. The molecule has 1 aliphatic heterocycles.